The number of likely N-dealkylation sites (tertiary alicyclic amines) is 1. The highest BCUT2D eigenvalue weighted by Gasteiger charge is 2.31. The fourth-order valence-electron chi connectivity index (χ4n) is 4.08. The van der Waals surface area contributed by atoms with E-state index in [9.17, 15) is 14.0 Å². The number of nitrogens with one attached hydrogen (secondary N) is 1. The minimum Gasteiger partial charge on any atom is -0.355 e. The van der Waals surface area contributed by atoms with Crippen molar-refractivity contribution in [2.75, 3.05) is 40.3 Å². The third-order valence-corrected chi connectivity index (χ3v) is 5.83. The highest BCUT2D eigenvalue weighted by atomic mass is 19.1. The molecule has 1 saturated heterocycles. The number of rotatable bonds is 7. The van der Waals surface area contributed by atoms with E-state index in [0.717, 1.165) is 19.4 Å². The van der Waals surface area contributed by atoms with Gasteiger partial charge in [-0.15, -0.1) is 0 Å². The van der Waals surface area contributed by atoms with Crippen LogP contribution < -0.4 is 5.32 Å². The number of aromatic nitrogens is 3. The molecule has 4 rings (SSSR count). The Morgan fingerprint density at radius 2 is 1.91 bits per heavy atom. The number of carbonyl (C=O) groups excluding carboxylic acids is 2. The van der Waals surface area contributed by atoms with E-state index in [-0.39, 0.29) is 23.5 Å². The van der Waals surface area contributed by atoms with Gasteiger partial charge in [-0.1, -0.05) is 0 Å². The zero-order valence-electron chi connectivity index (χ0n) is 18.9. The molecule has 1 fully saturated rings. The number of benzene rings is 1. The normalized spacial score (nSPS) is 16.2. The molecule has 1 atom stereocenters. The molecule has 0 spiro atoms. The molecule has 8 nitrogen and oxygen atoms in total. The Hall–Kier alpha value is -3.46. The summed E-state index contributed by atoms with van der Waals surface area (Å²) in [7, 11) is 3.92. The monoisotopic (exact) mass is 452 g/mol. The van der Waals surface area contributed by atoms with E-state index in [0.29, 0.717) is 36.7 Å². The van der Waals surface area contributed by atoms with Gasteiger partial charge in [0.25, 0.3) is 5.91 Å². The van der Waals surface area contributed by atoms with Crippen LogP contribution in [-0.2, 0) is 4.79 Å². The van der Waals surface area contributed by atoms with Crippen molar-refractivity contribution in [3.8, 4) is 11.5 Å². The molecule has 1 aliphatic rings. The van der Waals surface area contributed by atoms with Gasteiger partial charge in [0.1, 0.15) is 11.4 Å². The molecule has 0 radical (unpaired) electrons. The van der Waals surface area contributed by atoms with Gasteiger partial charge in [0.2, 0.25) is 5.91 Å². The molecule has 0 bridgehead atoms. The number of nitrogens with zero attached hydrogens (tertiary/aromatic N) is 5. The van der Waals surface area contributed by atoms with Crippen LogP contribution in [0.2, 0.25) is 0 Å². The molecule has 0 saturated carbocycles. The summed E-state index contributed by atoms with van der Waals surface area (Å²) in [4.78, 5) is 29.9. The Morgan fingerprint density at radius 1 is 1.18 bits per heavy atom. The first-order valence-corrected chi connectivity index (χ1v) is 11.1. The molecule has 1 aromatic carbocycles. The van der Waals surface area contributed by atoms with Crippen molar-refractivity contribution in [3.63, 3.8) is 0 Å². The lowest BCUT2D eigenvalue weighted by Gasteiger charge is -2.32. The van der Waals surface area contributed by atoms with Gasteiger partial charge in [-0.25, -0.2) is 9.07 Å². The molecule has 1 aliphatic heterocycles. The number of hydrogen-bond acceptors (Lipinski definition) is 4. The van der Waals surface area contributed by atoms with Crippen LogP contribution in [0.15, 0.2) is 55.0 Å². The van der Waals surface area contributed by atoms with E-state index in [1.807, 2.05) is 48.1 Å². The van der Waals surface area contributed by atoms with Crippen LogP contribution in [0.4, 0.5) is 4.39 Å². The third-order valence-electron chi connectivity index (χ3n) is 5.83. The highest BCUT2D eigenvalue weighted by molar-refractivity contribution is 5.97. The molecule has 9 heteroatoms. The van der Waals surface area contributed by atoms with Gasteiger partial charge in [0, 0.05) is 38.6 Å². The van der Waals surface area contributed by atoms with Crippen molar-refractivity contribution < 1.29 is 14.0 Å². The second-order valence-corrected chi connectivity index (χ2v) is 8.55. The van der Waals surface area contributed by atoms with Crippen molar-refractivity contribution in [2.24, 2.45) is 5.92 Å². The molecule has 33 heavy (non-hydrogen) atoms. The van der Waals surface area contributed by atoms with E-state index in [2.05, 4.69) is 10.4 Å². The smallest absolute Gasteiger partial charge is 0.259 e. The number of likely N-dealkylation sites (N-methyl/N-ethyl adjacent to an activating group) is 1. The molecule has 2 amide bonds. The molecule has 3 aromatic rings. The zero-order chi connectivity index (χ0) is 23.4. The minimum atomic E-state index is -0.340. The first-order valence-electron chi connectivity index (χ1n) is 11.1. The van der Waals surface area contributed by atoms with Crippen LogP contribution in [0.5, 0.6) is 0 Å². The quantitative estimate of drug-likeness (QED) is 0.597. The average molecular weight is 453 g/mol. The lowest BCUT2D eigenvalue weighted by Crippen LogP contribution is -2.46. The summed E-state index contributed by atoms with van der Waals surface area (Å²) in [6.07, 6.45) is 6.75. The van der Waals surface area contributed by atoms with Gasteiger partial charge in [-0.3, -0.25) is 9.59 Å². The van der Waals surface area contributed by atoms with Gasteiger partial charge in [0.15, 0.2) is 5.82 Å². The minimum absolute atomic E-state index is 0.0120. The van der Waals surface area contributed by atoms with Gasteiger partial charge in [-0.05, 0) is 63.3 Å². The molecule has 174 valence electrons. The number of carbonyl (C=O) groups is 2. The van der Waals surface area contributed by atoms with E-state index in [1.54, 1.807) is 27.9 Å². The second-order valence-electron chi connectivity index (χ2n) is 8.55. The van der Waals surface area contributed by atoms with Crippen LogP contribution >= 0.6 is 0 Å². The Labute approximate surface area is 192 Å². The number of piperidine rings is 1. The third kappa shape index (κ3) is 5.14. The highest BCUT2D eigenvalue weighted by Crippen LogP contribution is 2.24. The van der Waals surface area contributed by atoms with Crippen LogP contribution in [0.3, 0.4) is 0 Å². The molecule has 0 unspecified atom stereocenters. The predicted octanol–water partition coefficient (Wildman–Crippen LogP) is 2.33. The summed E-state index contributed by atoms with van der Waals surface area (Å²) < 4.78 is 16.9. The van der Waals surface area contributed by atoms with Crippen molar-refractivity contribution >= 4 is 11.8 Å². The van der Waals surface area contributed by atoms with Crippen LogP contribution in [0.25, 0.3) is 11.5 Å². The molecule has 0 aliphatic carbocycles. The maximum Gasteiger partial charge on any atom is 0.259 e. The Morgan fingerprint density at radius 3 is 2.61 bits per heavy atom. The summed E-state index contributed by atoms with van der Waals surface area (Å²) in [6.45, 7) is 2.31. The Kier molecular flexibility index (Phi) is 6.88. The first kappa shape index (κ1) is 22.7. The zero-order valence-corrected chi connectivity index (χ0v) is 18.9. The number of hydrogen-bond donors (Lipinski definition) is 1. The van der Waals surface area contributed by atoms with Crippen molar-refractivity contribution in [1.82, 2.24) is 29.5 Å². The number of amides is 2. The Bertz CT molecular complexity index is 1090. The fraction of sp³-hybridized carbons (Fsp3) is 0.375. The first-order chi connectivity index (χ1) is 15.9. The van der Waals surface area contributed by atoms with Gasteiger partial charge in [-0.2, -0.15) is 5.10 Å². The summed E-state index contributed by atoms with van der Waals surface area (Å²) >= 11 is 0. The largest absolute Gasteiger partial charge is 0.355 e. The van der Waals surface area contributed by atoms with Gasteiger partial charge in [0.05, 0.1) is 17.8 Å². The average Bonchev–Trinajstić information content (AvgIpc) is 3.49. The van der Waals surface area contributed by atoms with Crippen LogP contribution in [-0.4, -0.2) is 76.2 Å². The summed E-state index contributed by atoms with van der Waals surface area (Å²) in [5.74, 6) is -0.172. The number of halogens is 1. The maximum absolute atomic E-state index is 13.5. The molecule has 2 aromatic heterocycles. The molecular weight excluding hydrogens is 423 g/mol. The maximum atomic E-state index is 13.5. The van der Waals surface area contributed by atoms with E-state index >= 15 is 0 Å². The summed E-state index contributed by atoms with van der Waals surface area (Å²) in [5.41, 5.74) is 1.08. The van der Waals surface area contributed by atoms with Gasteiger partial charge < -0.3 is 19.7 Å². The molecule has 1 N–H and O–H groups in total. The van der Waals surface area contributed by atoms with E-state index < -0.39 is 0 Å². The molecule has 3 heterocycles. The topological polar surface area (TPSA) is 75.4 Å². The van der Waals surface area contributed by atoms with Crippen LogP contribution in [0.1, 0.15) is 23.2 Å². The van der Waals surface area contributed by atoms with Crippen molar-refractivity contribution in [2.45, 2.75) is 12.8 Å². The summed E-state index contributed by atoms with van der Waals surface area (Å²) in [5, 5.41) is 7.42. The van der Waals surface area contributed by atoms with E-state index in [4.69, 9.17) is 0 Å². The van der Waals surface area contributed by atoms with Gasteiger partial charge >= 0.3 is 0 Å². The molecular formula is C24H29FN6O2. The van der Waals surface area contributed by atoms with Crippen molar-refractivity contribution in [1.29, 1.82) is 0 Å². The van der Waals surface area contributed by atoms with Crippen molar-refractivity contribution in [3.05, 3.63) is 66.4 Å². The lowest BCUT2D eigenvalue weighted by molar-refractivity contribution is -0.126. The van der Waals surface area contributed by atoms with Crippen LogP contribution in [0, 0.1) is 11.7 Å². The lowest BCUT2D eigenvalue weighted by atomic mass is 9.96. The fourth-order valence-corrected chi connectivity index (χ4v) is 4.08. The SMILES string of the molecule is CN(C)CCNC(=O)[C@H]1CCCN(C(=O)c2cnn(-c3ccc(F)cc3)c2-n2cccc2)C1. The van der Waals surface area contributed by atoms with E-state index in [1.165, 1.54) is 12.1 Å². The predicted molar refractivity (Wildman–Crippen MR) is 123 cm³/mol. The summed E-state index contributed by atoms with van der Waals surface area (Å²) in [6, 6.07) is 9.71. The standard InChI is InChI=1S/C24H29FN6O2/c1-28(2)15-11-26-22(32)18-6-5-14-30(17-18)24(33)21-16-27-31(20-9-7-19(25)8-10-20)23(21)29-12-3-4-13-29/h3-4,7-10,12-13,16,18H,5-6,11,14-15,17H2,1-2H3,(H,26,32)/t18-/m0/s1. The Balaban J connectivity index is 1.56. The second kappa shape index (κ2) is 9.99.